The highest BCUT2D eigenvalue weighted by Crippen LogP contribution is 2.07. The zero-order chi connectivity index (χ0) is 10.8. The molecule has 1 aliphatic rings. The van der Waals surface area contributed by atoms with Crippen molar-refractivity contribution in [2.75, 3.05) is 37.6 Å². The van der Waals surface area contributed by atoms with Gasteiger partial charge in [-0.1, -0.05) is 0 Å². The molecule has 0 aromatic heterocycles. The van der Waals surface area contributed by atoms with Crippen molar-refractivity contribution in [2.24, 2.45) is 0 Å². The summed E-state index contributed by atoms with van der Waals surface area (Å²) in [4.78, 5) is 0. The van der Waals surface area contributed by atoms with Crippen LogP contribution in [-0.2, 0) is 24.6 Å². The highest BCUT2D eigenvalue weighted by atomic mass is 32.3. The van der Waals surface area contributed by atoms with E-state index < -0.39 is 24.9 Å². The maximum Gasteiger partial charge on any atom is 0.228 e. The van der Waals surface area contributed by atoms with Crippen molar-refractivity contribution in [1.29, 1.82) is 0 Å². The quantitative estimate of drug-likeness (QED) is 0.612. The van der Waals surface area contributed by atoms with Gasteiger partial charge in [0.15, 0.2) is 14.9 Å². The Morgan fingerprint density at radius 1 is 1.14 bits per heavy atom. The molecular formula is C6H13NO5S2. The second-order valence-electron chi connectivity index (χ2n) is 3.17. The lowest BCUT2D eigenvalue weighted by Crippen LogP contribution is -2.42. The summed E-state index contributed by atoms with van der Waals surface area (Å²) in [5.74, 6) is 0. The summed E-state index contributed by atoms with van der Waals surface area (Å²) in [5, 5.41) is -0.819. The van der Waals surface area contributed by atoms with Crippen molar-refractivity contribution in [3.63, 3.8) is 0 Å². The molecule has 1 aliphatic heterocycles. The molecule has 1 rings (SSSR count). The standard InChI is InChI=1S/C6H13NO5S2/c1-13(8,9)6-14(10,11)7-2-4-12-5-3-7/h2-6H2,1H3. The van der Waals surface area contributed by atoms with Crippen LogP contribution in [0.4, 0.5) is 0 Å². The molecule has 0 N–H and O–H groups in total. The first-order valence-corrected chi connectivity index (χ1v) is 7.71. The lowest BCUT2D eigenvalue weighted by molar-refractivity contribution is 0.0732. The van der Waals surface area contributed by atoms with E-state index in [1.165, 1.54) is 0 Å². The molecule has 1 saturated heterocycles. The molecule has 0 radical (unpaired) electrons. The number of sulfone groups is 1. The largest absolute Gasteiger partial charge is 0.379 e. The molecule has 0 bridgehead atoms. The summed E-state index contributed by atoms with van der Waals surface area (Å²) >= 11 is 0. The van der Waals surface area contributed by atoms with Crippen molar-refractivity contribution >= 4 is 19.9 Å². The first-order chi connectivity index (χ1) is 6.31. The van der Waals surface area contributed by atoms with Gasteiger partial charge in [-0.25, -0.2) is 16.8 Å². The topological polar surface area (TPSA) is 80.8 Å². The summed E-state index contributed by atoms with van der Waals surface area (Å²) in [5.41, 5.74) is 0. The van der Waals surface area contributed by atoms with Crippen molar-refractivity contribution < 1.29 is 21.6 Å². The lowest BCUT2D eigenvalue weighted by Gasteiger charge is -2.25. The van der Waals surface area contributed by atoms with Crippen molar-refractivity contribution in [3.05, 3.63) is 0 Å². The summed E-state index contributed by atoms with van der Waals surface area (Å²) in [7, 11) is -7.18. The van der Waals surface area contributed by atoms with Crippen LogP contribution >= 0.6 is 0 Å². The minimum absolute atomic E-state index is 0.234. The molecule has 1 fully saturated rings. The van der Waals surface area contributed by atoms with Crippen LogP contribution < -0.4 is 0 Å². The fourth-order valence-corrected chi connectivity index (χ4v) is 4.64. The first kappa shape index (κ1) is 11.9. The van der Waals surface area contributed by atoms with Crippen LogP contribution in [-0.4, -0.2) is 58.8 Å². The molecule has 1 heterocycles. The zero-order valence-electron chi connectivity index (χ0n) is 7.84. The van der Waals surface area contributed by atoms with Gasteiger partial charge < -0.3 is 4.74 Å². The van der Waals surface area contributed by atoms with Gasteiger partial charge >= 0.3 is 0 Å². The van der Waals surface area contributed by atoms with Crippen LogP contribution in [0, 0.1) is 0 Å². The van der Waals surface area contributed by atoms with E-state index in [1.807, 2.05) is 0 Å². The number of ether oxygens (including phenoxy) is 1. The Bertz CT molecular complexity index is 378. The van der Waals surface area contributed by atoms with Crippen LogP contribution in [0.2, 0.25) is 0 Å². The Balaban J connectivity index is 2.74. The molecule has 0 aliphatic carbocycles. The van der Waals surface area contributed by atoms with Gasteiger partial charge in [0.2, 0.25) is 10.0 Å². The van der Waals surface area contributed by atoms with E-state index >= 15 is 0 Å². The molecule has 0 saturated carbocycles. The first-order valence-electron chi connectivity index (χ1n) is 4.04. The molecule has 0 aromatic rings. The van der Waals surface area contributed by atoms with Gasteiger partial charge in [-0.3, -0.25) is 0 Å². The predicted octanol–water partition coefficient (Wildman–Crippen LogP) is -1.35. The van der Waals surface area contributed by atoms with Crippen molar-refractivity contribution in [2.45, 2.75) is 0 Å². The Morgan fingerprint density at radius 2 is 1.64 bits per heavy atom. The fraction of sp³-hybridized carbons (Fsp3) is 1.00. The van der Waals surface area contributed by atoms with Crippen LogP contribution in [0.1, 0.15) is 0 Å². The number of morpholine rings is 1. The molecule has 0 spiro atoms. The molecule has 0 unspecified atom stereocenters. The molecule has 0 amide bonds. The maximum absolute atomic E-state index is 11.5. The average molecular weight is 243 g/mol. The SMILES string of the molecule is CS(=O)(=O)CS(=O)(=O)N1CCOCC1. The number of nitrogens with zero attached hydrogens (tertiary/aromatic N) is 1. The number of rotatable bonds is 3. The van der Waals surface area contributed by atoms with Gasteiger partial charge in [0.05, 0.1) is 13.2 Å². The van der Waals surface area contributed by atoms with E-state index in [2.05, 4.69) is 0 Å². The highest BCUT2D eigenvalue weighted by molar-refractivity contribution is 8.06. The molecule has 14 heavy (non-hydrogen) atoms. The normalized spacial score (nSPS) is 20.9. The maximum atomic E-state index is 11.5. The molecule has 84 valence electrons. The number of hydrogen-bond acceptors (Lipinski definition) is 5. The molecule has 0 atom stereocenters. The van der Waals surface area contributed by atoms with Gasteiger partial charge in [-0.05, 0) is 0 Å². The minimum Gasteiger partial charge on any atom is -0.379 e. The number of hydrogen-bond donors (Lipinski definition) is 0. The fourth-order valence-electron chi connectivity index (χ4n) is 1.17. The van der Waals surface area contributed by atoms with Crippen LogP contribution in [0.25, 0.3) is 0 Å². The monoisotopic (exact) mass is 243 g/mol. The third-order valence-corrected chi connectivity index (χ3v) is 5.78. The summed E-state index contributed by atoms with van der Waals surface area (Å²) < 4.78 is 50.8. The summed E-state index contributed by atoms with van der Waals surface area (Å²) in [6.45, 7) is 1.11. The second kappa shape index (κ2) is 4.13. The average Bonchev–Trinajstić information content (AvgIpc) is 2.01. The van der Waals surface area contributed by atoms with E-state index in [-0.39, 0.29) is 13.1 Å². The van der Waals surface area contributed by atoms with Gasteiger partial charge in [-0.15, -0.1) is 0 Å². The Labute approximate surface area is 83.8 Å². The second-order valence-corrected chi connectivity index (χ2v) is 7.64. The number of sulfonamides is 1. The third-order valence-electron chi connectivity index (χ3n) is 1.73. The minimum atomic E-state index is -3.68. The summed E-state index contributed by atoms with van der Waals surface area (Å²) in [6.07, 6.45) is 0.908. The highest BCUT2D eigenvalue weighted by Gasteiger charge is 2.27. The molecule has 0 aromatic carbocycles. The van der Waals surface area contributed by atoms with Crippen LogP contribution in [0.5, 0.6) is 0 Å². The van der Waals surface area contributed by atoms with E-state index in [0.717, 1.165) is 10.6 Å². The summed E-state index contributed by atoms with van der Waals surface area (Å²) in [6, 6.07) is 0. The Hall–Kier alpha value is -0.180. The Morgan fingerprint density at radius 3 is 2.07 bits per heavy atom. The predicted molar refractivity (Wildman–Crippen MR) is 51.0 cm³/mol. The lowest BCUT2D eigenvalue weighted by atomic mass is 10.5. The van der Waals surface area contributed by atoms with E-state index in [9.17, 15) is 16.8 Å². The van der Waals surface area contributed by atoms with E-state index in [1.54, 1.807) is 0 Å². The van der Waals surface area contributed by atoms with Crippen LogP contribution in [0.3, 0.4) is 0 Å². The van der Waals surface area contributed by atoms with Gasteiger partial charge in [0, 0.05) is 19.3 Å². The zero-order valence-corrected chi connectivity index (χ0v) is 9.47. The van der Waals surface area contributed by atoms with Crippen molar-refractivity contribution in [1.82, 2.24) is 4.31 Å². The molecule has 8 heteroatoms. The molecule has 6 nitrogen and oxygen atoms in total. The van der Waals surface area contributed by atoms with Crippen LogP contribution in [0.15, 0.2) is 0 Å². The van der Waals surface area contributed by atoms with Gasteiger partial charge in [-0.2, -0.15) is 4.31 Å². The smallest absolute Gasteiger partial charge is 0.228 e. The Kier molecular flexibility index (Phi) is 3.51. The van der Waals surface area contributed by atoms with Crippen molar-refractivity contribution in [3.8, 4) is 0 Å². The van der Waals surface area contributed by atoms with Gasteiger partial charge in [0.1, 0.15) is 0 Å². The molecular weight excluding hydrogens is 230 g/mol. The van der Waals surface area contributed by atoms with Gasteiger partial charge in [0.25, 0.3) is 0 Å². The van der Waals surface area contributed by atoms with E-state index in [4.69, 9.17) is 4.74 Å². The van der Waals surface area contributed by atoms with E-state index in [0.29, 0.717) is 13.2 Å². The third kappa shape index (κ3) is 3.52.